The average Bonchev–Trinajstić information content (AvgIpc) is 2.70. The van der Waals surface area contributed by atoms with Crippen LogP contribution in [0.4, 0.5) is 21.8 Å². The Morgan fingerprint density at radius 2 is 1.79 bits per heavy atom. The van der Waals surface area contributed by atoms with E-state index in [0.717, 1.165) is 24.6 Å². The number of nitrogens with one attached hydrogen (secondary N) is 1. The number of rotatable bonds is 5. The zero-order chi connectivity index (χ0) is 20.2. The normalized spacial score (nSPS) is 19.1. The van der Waals surface area contributed by atoms with E-state index in [2.05, 4.69) is 39.0 Å². The van der Waals surface area contributed by atoms with Crippen LogP contribution in [0.25, 0.3) is 0 Å². The molecule has 0 radical (unpaired) electrons. The molecule has 1 aliphatic rings. The van der Waals surface area contributed by atoms with Crippen LogP contribution in [0.5, 0.6) is 11.6 Å². The number of ether oxygens (including phenoxy) is 2. The minimum absolute atomic E-state index is 0.176. The Kier molecular flexibility index (Phi) is 5.53. The third-order valence-electron chi connectivity index (χ3n) is 4.41. The fourth-order valence-corrected chi connectivity index (χ4v) is 3.22. The van der Waals surface area contributed by atoms with Gasteiger partial charge in [-0.25, -0.2) is 14.4 Å². The summed E-state index contributed by atoms with van der Waals surface area (Å²) in [6, 6.07) is 11.3. The van der Waals surface area contributed by atoms with Crippen LogP contribution in [0.15, 0.2) is 54.9 Å². The first kappa shape index (κ1) is 19.1. The number of pyridine rings is 1. The molecule has 4 rings (SSSR count). The van der Waals surface area contributed by atoms with Gasteiger partial charge in [-0.3, -0.25) is 0 Å². The van der Waals surface area contributed by atoms with Gasteiger partial charge in [0.1, 0.15) is 17.4 Å². The number of nitrogens with zero attached hydrogens (tertiary/aromatic N) is 4. The molecular weight excluding hydrogens is 373 g/mol. The van der Waals surface area contributed by atoms with Crippen molar-refractivity contribution < 1.29 is 13.9 Å². The molecule has 8 heteroatoms. The van der Waals surface area contributed by atoms with Gasteiger partial charge >= 0.3 is 0 Å². The largest absolute Gasteiger partial charge is 0.439 e. The lowest BCUT2D eigenvalue weighted by Crippen LogP contribution is -2.45. The number of hydrogen-bond acceptors (Lipinski definition) is 7. The molecule has 0 amide bonds. The van der Waals surface area contributed by atoms with Gasteiger partial charge in [-0.2, -0.15) is 4.98 Å². The maximum atomic E-state index is 13.0. The van der Waals surface area contributed by atoms with Gasteiger partial charge in [0.25, 0.3) is 0 Å². The van der Waals surface area contributed by atoms with Crippen LogP contribution in [0, 0.1) is 5.82 Å². The van der Waals surface area contributed by atoms with Crippen molar-refractivity contribution in [2.45, 2.75) is 26.1 Å². The molecule has 1 saturated heterocycles. The number of morpholine rings is 1. The summed E-state index contributed by atoms with van der Waals surface area (Å²) in [4.78, 5) is 15.3. The Morgan fingerprint density at radius 1 is 1.03 bits per heavy atom. The molecule has 150 valence electrons. The lowest BCUT2D eigenvalue weighted by Gasteiger charge is -2.36. The van der Waals surface area contributed by atoms with Gasteiger partial charge in [0.15, 0.2) is 0 Å². The number of benzene rings is 1. The van der Waals surface area contributed by atoms with E-state index in [1.807, 2.05) is 12.1 Å². The maximum Gasteiger partial charge on any atom is 0.230 e. The van der Waals surface area contributed by atoms with Crippen LogP contribution in [-0.2, 0) is 4.74 Å². The van der Waals surface area contributed by atoms with Gasteiger partial charge < -0.3 is 19.7 Å². The smallest absolute Gasteiger partial charge is 0.230 e. The van der Waals surface area contributed by atoms with Crippen molar-refractivity contribution in [3.05, 3.63) is 60.7 Å². The molecule has 0 spiro atoms. The van der Waals surface area contributed by atoms with Crippen LogP contribution >= 0.6 is 0 Å². The first-order valence-corrected chi connectivity index (χ1v) is 9.45. The summed E-state index contributed by atoms with van der Waals surface area (Å²) < 4.78 is 24.4. The number of halogens is 1. The Bertz CT molecular complexity index is 942. The molecule has 7 nitrogen and oxygen atoms in total. The molecule has 1 aliphatic heterocycles. The quantitative estimate of drug-likeness (QED) is 0.695. The maximum absolute atomic E-state index is 13.0. The summed E-state index contributed by atoms with van der Waals surface area (Å²) in [6.45, 7) is 5.76. The van der Waals surface area contributed by atoms with E-state index in [-0.39, 0.29) is 18.0 Å². The molecule has 2 unspecified atom stereocenters. The second-order valence-corrected chi connectivity index (χ2v) is 6.97. The molecule has 1 fully saturated rings. The van der Waals surface area contributed by atoms with Crippen molar-refractivity contribution >= 4 is 17.5 Å². The number of anilines is 3. The lowest BCUT2D eigenvalue weighted by atomic mass is 10.2. The zero-order valence-corrected chi connectivity index (χ0v) is 16.2. The third kappa shape index (κ3) is 4.97. The average molecular weight is 395 g/mol. The molecule has 0 bridgehead atoms. The summed E-state index contributed by atoms with van der Waals surface area (Å²) in [7, 11) is 0. The van der Waals surface area contributed by atoms with E-state index < -0.39 is 0 Å². The van der Waals surface area contributed by atoms with Crippen LogP contribution in [0.1, 0.15) is 13.8 Å². The highest BCUT2D eigenvalue weighted by molar-refractivity contribution is 5.55. The highest BCUT2D eigenvalue weighted by atomic mass is 19.1. The Morgan fingerprint density at radius 3 is 2.48 bits per heavy atom. The van der Waals surface area contributed by atoms with Gasteiger partial charge in [-0.15, -0.1) is 0 Å². The van der Waals surface area contributed by atoms with Gasteiger partial charge in [-0.1, -0.05) is 0 Å². The van der Waals surface area contributed by atoms with Crippen LogP contribution in [-0.4, -0.2) is 40.2 Å². The minimum atomic E-state index is -0.320. The molecule has 1 aromatic carbocycles. The van der Waals surface area contributed by atoms with E-state index >= 15 is 0 Å². The van der Waals surface area contributed by atoms with E-state index in [4.69, 9.17) is 9.47 Å². The predicted molar refractivity (Wildman–Crippen MR) is 108 cm³/mol. The van der Waals surface area contributed by atoms with Gasteiger partial charge in [0, 0.05) is 25.4 Å². The molecule has 3 heterocycles. The van der Waals surface area contributed by atoms with E-state index in [1.165, 1.54) is 12.1 Å². The molecule has 2 atom stereocenters. The van der Waals surface area contributed by atoms with Gasteiger partial charge in [0.05, 0.1) is 24.1 Å². The first-order chi connectivity index (χ1) is 14.0. The van der Waals surface area contributed by atoms with Crippen molar-refractivity contribution in [2.24, 2.45) is 0 Å². The van der Waals surface area contributed by atoms with Gasteiger partial charge in [-0.05, 0) is 50.2 Å². The molecule has 2 aromatic heterocycles. The summed E-state index contributed by atoms with van der Waals surface area (Å²) in [5, 5.41) is 3.12. The second-order valence-electron chi connectivity index (χ2n) is 6.97. The summed E-state index contributed by atoms with van der Waals surface area (Å²) in [5.41, 5.74) is 0.766. The SMILES string of the molecule is CC1CN(c2ccc(Nc3nccc(Oc4ccc(F)cc4)n3)cn2)CC(C)O1. The topological polar surface area (TPSA) is 72.4 Å². The lowest BCUT2D eigenvalue weighted by molar-refractivity contribution is -0.00545. The highest BCUT2D eigenvalue weighted by Gasteiger charge is 2.23. The predicted octanol–water partition coefficient (Wildman–Crippen LogP) is 4.16. The molecular formula is C21H22FN5O2. The van der Waals surface area contributed by atoms with E-state index in [9.17, 15) is 4.39 Å². The minimum Gasteiger partial charge on any atom is -0.439 e. The summed E-state index contributed by atoms with van der Waals surface area (Å²) >= 11 is 0. The van der Waals surface area contributed by atoms with Gasteiger partial charge in [0.2, 0.25) is 11.8 Å². The monoisotopic (exact) mass is 395 g/mol. The molecule has 29 heavy (non-hydrogen) atoms. The zero-order valence-electron chi connectivity index (χ0n) is 16.2. The molecule has 1 N–H and O–H groups in total. The van der Waals surface area contributed by atoms with Crippen molar-refractivity contribution in [1.82, 2.24) is 15.0 Å². The number of hydrogen-bond donors (Lipinski definition) is 1. The summed E-state index contributed by atoms with van der Waals surface area (Å²) in [6.07, 6.45) is 3.69. The van der Waals surface area contributed by atoms with Crippen molar-refractivity contribution in [2.75, 3.05) is 23.3 Å². The molecule has 3 aromatic rings. The second kappa shape index (κ2) is 8.40. The van der Waals surface area contributed by atoms with E-state index in [0.29, 0.717) is 17.6 Å². The highest BCUT2D eigenvalue weighted by Crippen LogP contribution is 2.23. The Hall–Kier alpha value is -3.26. The third-order valence-corrected chi connectivity index (χ3v) is 4.41. The van der Waals surface area contributed by atoms with Crippen molar-refractivity contribution in [3.8, 4) is 11.6 Å². The standard InChI is InChI=1S/C21H22FN5O2/c1-14-12-27(13-15(2)28-14)19-8-5-17(11-24-19)25-21-23-10-9-20(26-21)29-18-6-3-16(22)4-7-18/h3-11,14-15H,12-13H2,1-2H3,(H,23,25,26). The first-order valence-electron chi connectivity index (χ1n) is 9.45. The van der Waals surface area contributed by atoms with E-state index in [1.54, 1.807) is 30.6 Å². The number of aromatic nitrogens is 3. The van der Waals surface area contributed by atoms with Crippen LogP contribution in [0.3, 0.4) is 0 Å². The molecule has 0 aliphatic carbocycles. The van der Waals surface area contributed by atoms with Crippen LogP contribution in [0.2, 0.25) is 0 Å². The van der Waals surface area contributed by atoms with Crippen LogP contribution < -0.4 is 15.0 Å². The fraction of sp³-hybridized carbons (Fsp3) is 0.286. The Labute approximate surface area is 168 Å². The Balaban J connectivity index is 1.42. The van der Waals surface area contributed by atoms with Crippen molar-refractivity contribution in [3.63, 3.8) is 0 Å². The van der Waals surface area contributed by atoms with Crippen molar-refractivity contribution in [1.29, 1.82) is 0 Å². The summed E-state index contributed by atoms with van der Waals surface area (Å²) in [5.74, 6) is 1.82. The molecule has 0 saturated carbocycles. The fourth-order valence-electron chi connectivity index (χ4n) is 3.22.